The summed E-state index contributed by atoms with van der Waals surface area (Å²) in [6, 6.07) is 24.2. The molecule has 0 spiro atoms. The fraction of sp³-hybridized carbons (Fsp3) is 0.0400. The molecule has 154 valence electrons. The van der Waals surface area contributed by atoms with Crippen molar-refractivity contribution in [3.05, 3.63) is 102 Å². The molecule has 31 heavy (non-hydrogen) atoms. The van der Waals surface area contributed by atoms with Gasteiger partial charge < -0.3 is 15.6 Å². The monoisotopic (exact) mass is 427 g/mol. The zero-order chi connectivity index (χ0) is 21.6. The number of hydrogen-bond donors (Lipinski definition) is 3. The summed E-state index contributed by atoms with van der Waals surface area (Å²) in [5.74, 6) is -0.743. The third kappa shape index (κ3) is 4.87. The van der Waals surface area contributed by atoms with Crippen molar-refractivity contribution in [3.8, 4) is 0 Å². The highest BCUT2D eigenvalue weighted by atomic mass is 32.2. The highest BCUT2D eigenvalue weighted by Gasteiger charge is 2.16. The molecule has 0 aliphatic heterocycles. The van der Waals surface area contributed by atoms with E-state index >= 15 is 0 Å². The fourth-order valence-electron chi connectivity index (χ4n) is 3.21. The molecule has 6 heteroatoms. The Hall–Kier alpha value is -3.77. The Labute approximate surface area is 184 Å². The van der Waals surface area contributed by atoms with E-state index in [9.17, 15) is 9.59 Å². The molecule has 0 atom stereocenters. The molecule has 0 saturated carbocycles. The molecule has 0 fully saturated rings. The molecule has 5 nitrogen and oxygen atoms in total. The molecular formula is C25H21N3O2S. The number of nitrogens with one attached hydrogen (secondary N) is 3. The Bertz CT molecular complexity index is 1260. The van der Waals surface area contributed by atoms with Crippen molar-refractivity contribution in [2.24, 2.45) is 0 Å². The van der Waals surface area contributed by atoms with Gasteiger partial charge in [-0.2, -0.15) is 0 Å². The molecule has 3 aromatic carbocycles. The zero-order valence-corrected chi connectivity index (χ0v) is 17.7. The average Bonchev–Trinajstić information content (AvgIpc) is 3.22. The molecular weight excluding hydrogens is 406 g/mol. The van der Waals surface area contributed by atoms with Crippen molar-refractivity contribution in [2.75, 3.05) is 11.6 Å². The van der Waals surface area contributed by atoms with E-state index in [0.717, 1.165) is 21.4 Å². The maximum absolute atomic E-state index is 13.1. The van der Waals surface area contributed by atoms with Gasteiger partial charge in [0.25, 0.3) is 11.8 Å². The number of H-pyrrole nitrogens is 1. The quantitative estimate of drug-likeness (QED) is 0.289. The van der Waals surface area contributed by atoms with Crippen LogP contribution in [0.15, 0.2) is 95.7 Å². The largest absolute Gasteiger partial charge is 0.361 e. The summed E-state index contributed by atoms with van der Waals surface area (Å²) in [6.07, 6.45) is 5.48. The van der Waals surface area contributed by atoms with Crippen LogP contribution < -0.4 is 10.6 Å². The van der Waals surface area contributed by atoms with E-state index in [4.69, 9.17) is 0 Å². The summed E-state index contributed by atoms with van der Waals surface area (Å²) in [5, 5.41) is 6.63. The number of carbonyl (C=O) groups excluding carboxylic acids is 2. The van der Waals surface area contributed by atoms with Gasteiger partial charge in [0.2, 0.25) is 0 Å². The fourth-order valence-corrected chi connectivity index (χ4v) is 3.67. The number of anilines is 1. The standard InChI is InChI=1S/C25H21N3O2S/c1-31-20-11-7-10-19(15-20)27-25(30)23(28-24(29)17-8-3-2-4-9-17)14-18-16-26-22-13-6-5-12-21(18)22/h2-16,26H,1H3,(H,27,30)(H,28,29)/b23-14+. The number of thioether (sulfide) groups is 1. The van der Waals surface area contributed by atoms with Crippen LogP contribution in [0.1, 0.15) is 15.9 Å². The molecule has 4 rings (SSSR count). The smallest absolute Gasteiger partial charge is 0.272 e. The van der Waals surface area contributed by atoms with Crippen LogP contribution in [0.3, 0.4) is 0 Å². The number of benzene rings is 3. The first kappa shape index (κ1) is 20.5. The lowest BCUT2D eigenvalue weighted by Gasteiger charge is -2.12. The van der Waals surface area contributed by atoms with Crippen LogP contribution in [0.5, 0.6) is 0 Å². The van der Waals surface area contributed by atoms with E-state index in [1.54, 1.807) is 42.1 Å². The van der Waals surface area contributed by atoms with Gasteiger partial charge in [0.15, 0.2) is 0 Å². The summed E-state index contributed by atoms with van der Waals surface area (Å²) < 4.78 is 0. The predicted molar refractivity (Wildman–Crippen MR) is 127 cm³/mol. The third-order valence-electron chi connectivity index (χ3n) is 4.78. The Morgan fingerprint density at radius 1 is 0.935 bits per heavy atom. The lowest BCUT2D eigenvalue weighted by molar-refractivity contribution is -0.113. The van der Waals surface area contributed by atoms with Gasteiger partial charge >= 0.3 is 0 Å². The van der Waals surface area contributed by atoms with E-state index in [2.05, 4.69) is 15.6 Å². The highest BCUT2D eigenvalue weighted by molar-refractivity contribution is 7.98. The minimum absolute atomic E-state index is 0.160. The first-order valence-electron chi connectivity index (χ1n) is 9.73. The van der Waals surface area contributed by atoms with Crippen LogP contribution in [-0.4, -0.2) is 23.1 Å². The Kier molecular flexibility index (Phi) is 6.19. The van der Waals surface area contributed by atoms with E-state index in [0.29, 0.717) is 11.3 Å². The molecule has 2 amide bonds. The maximum atomic E-state index is 13.1. The SMILES string of the molecule is CSc1cccc(NC(=O)/C(=C\c2c[nH]c3ccccc23)NC(=O)c2ccccc2)c1. The summed E-state index contributed by atoms with van der Waals surface area (Å²) >= 11 is 1.59. The first-order chi connectivity index (χ1) is 15.1. The number of aromatic nitrogens is 1. The maximum Gasteiger partial charge on any atom is 0.272 e. The number of fused-ring (bicyclic) bond motifs is 1. The van der Waals surface area contributed by atoms with Crippen molar-refractivity contribution >= 4 is 46.2 Å². The van der Waals surface area contributed by atoms with Crippen LogP contribution in [0, 0.1) is 0 Å². The lowest BCUT2D eigenvalue weighted by Crippen LogP contribution is -2.30. The van der Waals surface area contributed by atoms with Crippen LogP contribution >= 0.6 is 11.8 Å². The summed E-state index contributed by atoms with van der Waals surface area (Å²) in [6.45, 7) is 0. The van der Waals surface area contributed by atoms with Gasteiger partial charge in [-0.25, -0.2) is 0 Å². The lowest BCUT2D eigenvalue weighted by atomic mass is 10.1. The second-order valence-electron chi connectivity index (χ2n) is 6.85. The summed E-state index contributed by atoms with van der Waals surface area (Å²) in [5.41, 5.74) is 3.07. The van der Waals surface area contributed by atoms with Crippen LogP contribution in [0.2, 0.25) is 0 Å². The van der Waals surface area contributed by atoms with Gasteiger partial charge in [-0.1, -0.05) is 42.5 Å². The normalized spacial score (nSPS) is 11.3. The second-order valence-corrected chi connectivity index (χ2v) is 7.73. The number of rotatable bonds is 6. The molecule has 0 bridgehead atoms. The van der Waals surface area contributed by atoms with Crippen molar-refractivity contribution in [3.63, 3.8) is 0 Å². The number of aromatic amines is 1. The molecule has 0 aliphatic rings. The Morgan fingerprint density at radius 2 is 1.71 bits per heavy atom. The summed E-state index contributed by atoms with van der Waals surface area (Å²) in [7, 11) is 0. The molecule has 4 aromatic rings. The molecule has 1 aromatic heterocycles. The molecule has 1 heterocycles. The van der Waals surface area contributed by atoms with E-state index in [-0.39, 0.29) is 11.6 Å². The Balaban J connectivity index is 1.67. The number of amides is 2. The van der Waals surface area contributed by atoms with E-state index < -0.39 is 5.91 Å². The van der Waals surface area contributed by atoms with Crippen LogP contribution in [0.25, 0.3) is 17.0 Å². The first-order valence-corrected chi connectivity index (χ1v) is 11.0. The van der Waals surface area contributed by atoms with Crippen molar-refractivity contribution in [2.45, 2.75) is 4.90 Å². The van der Waals surface area contributed by atoms with Crippen molar-refractivity contribution < 1.29 is 9.59 Å². The third-order valence-corrected chi connectivity index (χ3v) is 5.50. The average molecular weight is 428 g/mol. The zero-order valence-electron chi connectivity index (χ0n) is 16.9. The summed E-state index contributed by atoms with van der Waals surface area (Å²) in [4.78, 5) is 30.1. The Morgan fingerprint density at radius 3 is 2.52 bits per heavy atom. The van der Waals surface area contributed by atoms with E-state index in [1.165, 1.54) is 0 Å². The van der Waals surface area contributed by atoms with Gasteiger partial charge in [-0.15, -0.1) is 11.8 Å². The highest BCUT2D eigenvalue weighted by Crippen LogP contribution is 2.22. The van der Waals surface area contributed by atoms with Crippen LogP contribution in [-0.2, 0) is 4.79 Å². The number of carbonyl (C=O) groups is 2. The molecule has 0 saturated heterocycles. The van der Waals surface area contributed by atoms with Crippen molar-refractivity contribution in [1.82, 2.24) is 10.3 Å². The second kappa shape index (κ2) is 9.36. The minimum Gasteiger partial charge on any atom is -0.361 e. The molecule has 3 N–H and O–H groups in total. The van der Waals surface area contributed by atoms with Gasteiger partial charge in [0.1, 0.15) is 5.70 Å². The van der Waals surface area contributed by atoms with Gasteiger partial charge in [0, 0.05) is 38.8 Å². The van der Waals surface area contributed by atoms with Crippen LogP contribution in [0.4, 0.5) is 5.69 Å². The van der Waals surface area contributed by atoms with Gasteiger partial charge in [-0.05, 0) is 48.7 Å². The van der Waals surface area contributed by atoms with Gasteiger partial charge in [-0.3, -0.25) is 9.59 Å². The predicted octanol–water partition coefficient (Wildman–Crippen LogP) is 5.30. The molecule has 0 radical (unpaired) electrons. The number of para-hydroxylation sites is 1. The number of hydrogen-bond acceptors (Lipinski definition) is 3. The van der Waals surface area contributed by atoms with E-state index in [1.807, 2.05) is 67.0 Å². The molecule has 0 unspecified atom stereocenters. The minimum atomic E-state index is -0.396. The van der Waals surface area contributed by atoms with Crippen molar-refractivity contribution in [1.29, 1.82) is 0 Å². The topological polar surface area (TPSA) is 74.0 Å². The molecule has 0 aliphatic carbocycles. The van der Waals surface area contributed by atoms with Gasteiger partial charge in [0.05, 0.1) is 0 Å².